The summed E-state index contributed by atoms with van der Waals surface area (Å²) >= 11 is 0. The second-order valence-corrected chi connectivity index (χ2v) is 5.70. The molecule has 2 N–H and O–H groups in total. The highest BCUT2D eigenvalue weighted by Crippen LogP contribution is 2.14. The molecule has 1 atom stereocenters. The van der Waals surface area contributed by atoms with Crippen molar-refractivity contribution in [2.45, 2.75) is 26.3 Å². The molecule has 0 spiro atoms. The molecule has 1 aliphatic heterocycles. The molecule has 1 fully saturated rings. The first kappa shape index (κ1) is 23.0. The van der Waals surface area contributed by atoms with Crippen LogP contribution in [0.4, 0.5) is 5.69 Å². The van der Waals surface area contributed by atoms with Crippen LogP contribution in [0.2, 0.25) is 0 Å². The summed E-state index contributed by atoms with van der Waals surface area (Å²) in [6.45, 7) is 8.82. The molecule has 1 aromatic rings. The van der Waals surface area contributed by atoms with Gasteiger partial charge in [0.25, 0.3) is 0 Å². The highest BCUT2D eigenvalue weighted by Gasteiger charge is 2.16. The Hall–Kier alpha value is -1.01. The lowest BCUT2D eigenvalue weighted by molar-refractivity contribution is -0.122. The van der Waals surface area contributed by atoms with Gasteiger partial charge in [-0.25, -0.2) is 0 Å². The fourth-order valence-electron chi connectivity index (χ4n) is 2.67. The molecule has 1 aliphatic rings. The zero-order valence-electron chi connectivity index (χ0n) is 14.4. The second-order valence-electron chi connectivity index (χ2n) is 5.70. The van der Waals surface area contributed by atoms with Crippen molar-refractivity contribution >= 4 is 36.4 Å². The van der Waals surface area contributed by atoms with Crippen molar-refractivity contribution in [2.75, 3.05) is 44.3 Å². The van der Waals surface area contributed by atoms with Crippen LogP contribution in [0.3, 0.4) is 0 Å². The second kappa shape index (κ2) is 12.4. The van der Waals surface area contributed by atoms with Gasteiger partial charge in [0, 0.05) is 44.3 Å². The van der Waals surface area contributed by atoms with Gasteiger partial charge < -0.3 is 20.3 Å². The number of rotatable bonds is 7. The van der Waals surface area contributed by atoms with Gasteiger partial charge in [0.05, 0.1) is 13.2 Å². The molecule has 1 unspecified atom stereocenters. The predicted molar refractivity (Wildman–Crippen MR) is 104 cm³/mol. The SMILES string of the molecule is CCN(CCNC(=O)CC1COCCN1)c1cccc(C)c1.Cl.Cl. The molecule has 0 aromatic heterocycles. The van der Waals surface area contributed by atoms with Crippen molar-refractivity contribution in [2.24, 2.45) is 0 Å². The van der Waals surface area contributed by atoms with Crippen LogP contribution in [0.1, 0.15) is 18.9 Å². The molecule has 24 heavy (non-hydrogen) atoms. The molecule has 138 valence electrons. The first-order valence-electron chi connectivity index (χ1n) is 8.08. The van der Waals surface area contributed by atoms with E-state index >= 15 is 0 Å². The molecule has 0 radical (unpaired) electrons. The predicted octanol–water partition coefficient (Wildman–Crippen LogP) is 2.16. The number of hydrogen-bond acceptors (Lipinski definition) is 4. The van der Waals surface area contributed by atoms with Gasteiger partial charge >= 0.3 is 0 Å². The first-order valence-corrected chi connectivity index (χ1v) is 8.08. The smallest absolute Gasteiger partial charge is 0.221 e. The summed E-state index contributed by atoms with van der Waals surface area (Å²) in [4.78, 5) is 14.2. The number of benzene rings is 1. The topological polar surface area (TPSA) is 53.6 Å². The number of nitrogens with one attached hydrogen (secondary N) is 2. The van der Waals surface area contributed by atoms with Gasteiger partial charge in [-0.2, -0.15) is 0 Å². The Morgan fingerprint density at radius 1 is 1.42 bits per heavy atom. The minimum atomic E-state index is 0. The third kappa shape index (κ3) is 7.71. The van der Waals surface area contributed by atoms with Crippen molar-refractivity contribution in [3.05, 3.63) is 29.8 Å². The quantitative estimate of drug-likeness (QED) is 0.764. The lowest BCUT2D eigenvalue weighted by Crippen LogP contribution is -2.45. The van der Waals surface area contributed by atoms with Crippen molar-refractivity contribution in [1.82, 2.24) is 10.6 Å². The average Bonchev–Trinajstić information content (AvgIpc) is 2.52. The Morgan fingerprint density at radius 2 is 2.21 bits per heavy atom. The molecule has 2 rings (SSSR count). The summed E-state index contributed by atoms with van der Waals surface area (Å²) in [6.07, 6.45) is 0.483. The fourth-order valence-corrected chi connectivity index (χ4v) is 2.67. The van der Waals surface area contributed by atoms with Gasteiger partial charge in [-0.15, -0.1) is 24.8 Å². The molecular formula is C17H29Cl2N3O2. The molecule has 5 nitrogen and oxygen atoms in total. The minimum Gasteiger partial charge on any atom is -0.378 e. The van der Waals surface area contributed by atoms with Gasteiger partial charge in [-0.1, -0.05) is 12.1 Å². The third-order valence-corrected chi connectivity index (χ3v) is 3.88. The standard InChI is InChI=1S/C17H27N3O2.2ClH/c1-3-20(16-6-4-5-14(2)11-16)9-7-19-17(21)12-15-13-22-10-8-18-15;;/h4-6,11,15,18H,3,7-10,12-13H2,1-2H3,(H,19,21);2*1H. The number of ether oxygens (including phenoxy) is 1. The molecule has 1 saturated heterocycles. The molecule has 7 heteroatoms. The number of carbonyl (C=O) groups is 1. The maximum atomic E-state index is 11.9. The number of anilines is 1. The van der Waals surface area contributed by atoms with E-state index in [2.05, 4.69) is 53.6 Å². The van der Waals surface area contributed by atoms with Gasteiger partial charge in [-0.3, -0.25) is 4.79 Å². The van der Waals surface area contributed by atoms with Crippen LogP contribution in [0.5, 0.6) is 0 Å². The summed E-state index contributed by atoms with van der Waals surface area (Å²) in [5, 5.41) is 6.30. The number of likely N-dealkylation sites (N-methyl/N-ethyl adjacent to an activating group) is 1. The number of aryl methyl sites for hydroxylation is 1. The van der Waals surface area contributed by atoms with E-state index in [1.54, 1.807) is 0 Å². The number of hydrogen-bond donors (Lipinski definition) is 2. The van der Waals surface area contributed by atoms with Gasteiger partial charge in [0.2, 0.25) is 5.91 Å². The van der Waals surface area contributed by atoms with Crippen LogP contribution >= 0.6 is 24.8 Å². The van der Waals surface area contributed by atoms with E-state index < -0.39 is 0 Å². The zero-order chi connectivity index (χ0) is 15.8. The maximum absolute atomic E-state index is 11.9. The molecule has 0 aliphatic carbocycles. The summed E-state index contributed by atoms with van der Waals surface area (Å²) in [6, 6.07) is 8.60. The Labute approximate surface area is 157 Å². The lowest BCUT2D eigenvalue weighted by Gasteiger charge is -2.25. The molecule has 1 heterocycles. The van der Waals surface area contributed by atoms with E-state index in [1.807, 2.05) is 0 Å². The van der Waals surface area contributed by atoms with E-state index in [9.17, 15) is 4.79 Å². The Kier molecular flexibility index (Phi) is 11.8. The molecular weight excluding hydrogens is 349 g/mol. The number of carbonyl (C=O) groups excluding carboxylic acids is 1. The maximum Gasteiger partial charge on any atom is 0.221 e. The summed E-state index contributed by atoms with van der Waals surface area (Å²) in [7, 11) is 0. The average molecular weight is 378 g/mol. The summed E-state index contributed by atoms with van der Waals surface area (Å²) < 4.78 is 5.36. The number of halogens is 2. The number of morpholine rings is 1. The molecule has 0 bridgehead atoms. The van der Waals surface area contributed by atoms with E-state index in [4.69, 9.17) is 4.74 Å². The fraction of sp³-hybridized carbons (Fsp3) is 0.588. The molecule has 0 saturated carbocycles. The van der Waals surface area contributed by atoms with E-state index in [1.165, 1.54) is 11.3 Å². The van der Waals surface area contributed by atoms with Crippen LogP contribution in [0.25, 0.3) is 0 Å². The van der Waals surface area contributed by atoms with Crippen molar-refractivity contribution in [1.29, 1.82) is 0 Å². The van der Waals surface area contributed by atoms with Crippen LogP contribution in [-0.2, 0) is 9.53 Å². The van der Waals surface area contributed by atoms with Crippen LogP contribution in [-0.4, -0.2) is 51.3 Å². The Morgan fingerprint density at radius 3 is 2.83 bits per heavy atom. The van der Waals surface area contributed by atoms with E-state index in [0.29, 0.717) is 19.6 Å². The van der Waals surface area contributed by atoms with Crippen LogP contribution < -0.4 is 15.5 Å². The lowest BCUT2D eigenvalue weighted by atomic mass is 10.2. The highest BCUT2D eigenvalue weighted by molar-refractivity contribution is 5.85. The highest BCUT2D eigenvalue weighted by atomic mass is 35.5. The van der Waals surface area contributed by atoms with E-state index in [-0.39, 0.29) is 36.8 Å². The molecule has 1 amide bonds. The van der Waals surface area contributed by atoms with Crippen molar-refractivity contribution in [3.63, 3.8) is 0 Å². The van der Waals surface area contributed by atoms with Crippen LogP contribution in [0, 0.1) is 6.92 Å². The monoisotopic (exact) mass is 377 g/mol. The van der Waals surface area contributed by atoms with Crippen molar-refractivity contribution < 1.29 is 9.53 Å². The minimum absolute atomic E-state index is 0. The third-order valence-electron chi connectivity index (χ3n) is 3.88. The van der Waals surface area contributed by atoms with Crippen LogP contribution in [0.15, 0.2) is 24.3 Å². The summed E-state index contributed by atoms with van der Waals surface area (Å²) in [5.41, 5.74) is 2.46. The largest absolute Gasteiger partial charge is 0.378 e. The summed E-state index contributed by atoms with van der Waals surface area (Å²) in [5.74, 6) is 0.0864. The Bertz CT molecular complexity index is 483. The van der Waals surface area contributed by atoms with E-state index in [0.717, 1.165) is 26.2 Å². The van der Waals surface area contributed by atoms with Gasteiger partial charge in [0.1, 0.15) is 0 Å². The molecule has 1 aromatic carbocycles. The Balaban J connectivity index is 0.00000264. The first-order chi connectivity index (χ1) is 10.7. The van der Waals surface area contributed by atoms with Gasteiger partial charge in [-0.05, 0) is 31.5 Å². The van der Waals surface area contributed by atoms with Gasteiger partial charge in [0.15, 0.2) is 0 Å². The zero-order valence-corrected chi connectivity index (χ0v) is 16.0. The normalized spacial score (nSPS) is 16.5. The number of amides is 1. The number of nitrogens with zero attached hydrogens (tertiary/aromatic N) is 1. The van der Waals surface area contributed by atoms with Crippen molar-refractivity contribution in [3.8, 4) is 0 Å².